The number of halogens is 1. The minimum Gasteiger partial charge on any atom is -0.328 e. The molecule has 0 aliphatic heterocycles. The van der Waals surface area contributed by atoms with E-state index in [9.17, 15) is 4.79 Å². The molecule has 0 aliphatic carbocycles. The second-order valence-electron chi connectivity index (χ2n) is 6.30. The zero-order chi connectivity index (χ0) is 18.8. The SMILES string of the molecule is Cc1cccc2cc(CN(Cc3cccs3)C(=O)c3cccs3)c(Cl)nc12. The summed E-state index contributed by atoms with van der Waals surface area (Å²) in [5.41, 5.74) is 2.85. The summed E-state index contributed by atoms with van der Waals surface area (Å²) >= 11 is 9.59. The number of para-hydroxylation sites is 1. The number of aromatic nitrogens is 1. The van der Waals surface area contributed by atoms with Crippen LogP contribution in [-0.2, 0) is 13.1 Å². The fourth-order valence-corrected chi connectivity index (χ4v) is 4.64. The molecular formula is C21H17ClN2OS2. The van der Waals surface area contributed by atoms with E-state index in [1.165, 1.54) is 11.3 Å². The number of carbonyl (C=O) groups excluding carboxylic acids is 1. The molecule has 0 atom stereocenters. The van der Waals surface area contributed by atoms with Gasteiger partial charge in [0.05, 0.1) is 16.9 Å². The summed E-state index contributed by atoms with van der Waals surface area (Å²) in [6, 6.07) is 15.9. The maximum Gasteiger partial charge on any atom is 0.264 e. The Morgan fingerprint density at radius 3 is 2.63 bits per heavy atom. The monoisotopic (exact) mass is 412 g/mol. The van der Waals surface area contributed by atoms with E-state index in [-0.39, 0.29) is 5.91 Å². The Hall–Kier alpha value is -2.21. The third-order valence-electron chi connectivity index (χ3n) is 4.38. The fraction of sp³-hybridized carbons (Fsp3) is 0.143. The topological polar surface area (TPSA) is 33.2 Å². The molecule has 0 fully saturated rings. The third-order valence-corrected chi connectivity index (χ3v) is 6.43. The average molecular weight is 413 g/mol. The second kappa shape index (κ2) is 7.80. The lowest BCUT2D eigenvalue weighted by Crippen LogP contribution is -2.29. The van der Waals surface area contributed by atoms with Crippen LogP contribution in [0.4, 0.5) is 0 Å². The Kier molecular flexibility index (Phi) is 5.25. The number of aryl methyl sites for hydroxylation is 1. The molecule has 0 radical (unpaired) electrons. The molecule has 27 heavy (non-hydrogen) atoms. The lowest BCUT2D eigenvalue weighted by Gasteiger charge is -2.22. The van der Waals surface area contributed by atoms with Crippen molar-refractivity contribution in [3.63, 3.8) is 0 Å². The van der Waals surface area contributed by atoms with Crippen molar-refractivity contribution in [2.45, 2.75) is 20.0 Å². The zero-order valence-corrected chi connectivity index (χ0v) is 17.1. The van der Waals surface area contributed by atoms with Crippen LogP contribution in [0.3, 0.4) is 0 Å². The summed E-state index contributed by atoms with van der Waals surface area (Å²) in [5.74, 6) is 0.0128. The van der Waals surface area contributed by atoms with Gasteiger partial charge in [0.2, 0.25) is 0 Å². The number of hydrogen-bond donors (Lipinski definition) is 0. The number of nitrogens with zero attached hydrogens (tertiary/aromatic N) is 2. The lowest BCUT2D eigenvalue weighted by atomic mass is 10.1. The van der Waals surface area contributed by atoms with Crippen LogP contribution < -0.4 is 0 Å². The fourth-order valence-electron chi connectivity index (χ4n) is 3.03. The summed E-state index contributed by atoms with van der Waals surface area (Å²) in [4.78, 5) is 21.3. The molecule has 4 rings (SSSR count). The smallest absolute Gasteiger partial charge is 0.264 e. The highest BCUT2D eigenvalue weighted by molar-refractivity contribution is 7.12. The van der Waals surface area contributed by atoms with E-state index in [4.69, 9.17) is 11.6 Å². The maximum atomic E-state index is 13.0. The van der Waals surface area contributed by atoms with Crippen LogP contribution in [0, 0.1) is 6.92 Å². The third kappa shape index (κ3) is 3.90. The van der Waals surface area contributed by atoms with Crippen molar-refractivity contribution in [3.8, 4) is 0 Å². The number of rotatable bonds is 5. The van der Waals surface area contributed by atoms with Gasteiger partial charge < -0.3 is 4.90 Å². The van der Waals surface area contributed by atoms with E-state index in [0.717, 1.165) is 31.8 Å². The van der Waals surface area contributed by atoms with Gasteiger partial charge in [0, 0.05) is 22.4 Å². The van der Waals surface area contributed by atoms with Crippen molar-refractivity contribution in [3.05, 3.63) is 85.3 Å². The molecule has 0 saturated carbocycles. The molecular weight excluding hydrogens is 396 g/mol. The van der Waals surface area contributed by atoms with Gasteiger partial charge >= 0.3 is 0 Å². The van der Waals surface area contributed by atoms with Gasteiger partial charge in [0.15, 0.2) is 0 Å². The van der Waals surface area contributed by atoms with Gasteiger partial charge in [-0.2, -0.15) is 0 Å². The van der Waals surface area contributed by atoms with Crippen LogP contribution in [0.2, 0.25) is 5.15 Å². The highest BCUT2D eigenvalue weighted by atomic mass is 35.5. The summed E-state index contributed by atoms with van der Waals surface area (Å²) in [6.45, 7) is 3.00. The molecule has 0 aliphatic rings. The quantitative estimate of drug-likeness (QED) is 0.367. The first-order chi connectivity index (χ1) is 13.1. The van der Waals surface area contributed by atoms with Gasteiger partial charge in [-0.05, 0) is 41.4 Å². The van der Waals surface area contributed by atoms with Crippen molar-refractivity contribution < 1.29 is 4.79 Å². The van der Waals surface area contributed by atoms with E-state index in [1.807, 2.05) is 71.1 Å². The van der Waals surface area contributed by atoms with E-state index in [1.54, 1.807) is 11.3 Å². The van der Waals surface area contributed by atoms with Gasteiger partial charge in [-0.1, -0.05) is 41.9 Å². The van der Waals surface area contributed by atoms with Gasteiger partial charge in [-0.3, -0.25) is 4.79 Å². The minimum atomic E-state index is 0.0128. The van der Waals surface area contributed by atoms with Crippen LogP contribution in [0.5, 0.6) is 0 Å². The summed E-state index contributed by atoms with van der Waals surface area (Å²) in [7, 11) is 0. The Morgan fingerprint density at radius 1 is 1.07 bits per heavy atom. The van der Waals surface area contributed by atoms with Crippen molar-refractivity contribution in [2.24, 2.45) is 0 Å². The number of fused-ring (bicyclic) bond motifs is 1. The molecule has 1 aromatic carbocycles. The molecule has 3 aromatic heterocycles. The Bertz CT molecular complexity index is 1080. The zero-order valence-electron chi connectivity index (χ0n) is 14.7. The molecule has 0 saturated heterocycles. The summed E-state index contributed by atoms with van der Waals surface area (Å²) in [5, 5.41) is 5.43. The van der Waals surface area contributed by atoms with Crippen molar-refractivity contribution in [1.29, 1.82) is 0 Å². The van der Waals surface area contributed by atoms with Crippen molar-refractivity contribution in [2.75, 3.05) is 0 Å². The van der Waals surface area contributed by atoms with Crippen LogP contribution in [0.1, 0.15) is 25.7 Å². The predicted octanol–water partition coefficient (Wildman–Crippen LogP) is 6.16. The molecule has 6 heteroatoms. The van der Waals surface area contributed by atoms with E-state index in [0.29, 0.717) is 18.2 Å². The van der Waals surface area contributed by atoms with E-state index >= 15 is 0 Å². The highest BCUT2D eigenvalue weighted by Crippen LogP contribution is 2.26. The van der Waals surface area contributed by atoms with E-state index in [2.05, 4.69) is 4.98 Å². The molecule has 1 amide bonds. The van der Waals surface area contributed by atoms with E-state index < -0.39 is 0 Å². The Balaban J connectivity index is 1.69. The van der Waals surface area contributed by atoms with Crippen LogP contribution in [-0.4, -0.2) is 15.8 Å². The number of hydrogen-bond acceptors (Lipinski definition) is 4. The molecule has 3 heterocycles. The minimum absolute atomic E-state index is 0.0128. The first-order valence-corrected chi connectivity index (χ1v) is 10.7. The number of thiophene rings is 2. The van der Waals surface area contributed by atoms with Gasteiger partial charge in [0.1, 0.15) is 5.15 Å². The average Bonchev–Trinajstić information content (AvgIpc) is 3.36. The molecule has 3 nitrogen and oxygen atoms in total. The number of benzene rings is 1. The van der Waals surface area contributed by atoms with Crippen LogP contribution in [0.15, 0.2) is 59.3 Å². The molecule has 0 unspecified atom stereocenters. The number of carbonyl (C=O) groups is 1. The lowest BCUT2D eigenvalue weighted by molar-refractivity contribution is 0.0737. The molecule has 0 bridgehead atoms. The normalized spacial score (nSPS) is 11.0. The first kappa shape index (κ1) is 18.2. The summed E-state index contributed by atoms with van der Waals surface area (Å²) in [6.07, 6.45) is 0. The predicted molar refractivity (Wildman–Crippen MR) is 114 cm³/mol. The molecule has 4 aromatic rings. The Labute approximate surface area is 170 Å². The molecule has 0 N–H and O–H groups in total. The Morgan fingerprint density at radius 2 is 1.89 bits per heavy atom. The number of amides is 1. The highest BCUT2D eigenvalue weighted by Gasteiger charge is 2.20. The van der Waals surface area contributed by atoms with Crippen LogP contribution >= 0.6 is 34.3 Å². The first-order valence-electron chi connectivity index (χ1n) is 8.52. The van der Waals surface area contributed by atoms with Gasteiger partial charge in [-0.25, -0.2) is 4.98 Å². The van der Waals surface area contributed by atoms with Crippen molar-refractivity contribution in [1.82, 2.24) is 9.88 Å². The van der Waals surface area contributed by atoms with Crippen LogP contribution in [0.25, 0.3) is 10.9 Å². The molecule has 0 spiro atoms. The van der Waals surface area contributed by atoms with Gasteiger partial charge in [0.25, 0.3) is 5.91 Å². The van der Waals surface area contributed by atoms with Crippen molar-refractivity contribution >= 4 is 51.1 Å². The number of pyridine rings is 1. The summed E-state index contributed by atoms with van der Waals surface area (Å²) < 4.78 is 0. The second-order valence-corrected chi connectivity index (χ2v) is 8.64. The van der Waals surface area contributed by atoms with Gasteiger partial charge in [-0.15, -0.1) is 22.7 Å². The maximum absolute atomic E-state index is 13.0. The standard InChI is InChI=1S/C21H17ClN2OS2/c1-14-5-2-6-15-11-16(20(22)23-19(14)15)12-24(13-17-7-3-9-26-17)21(25)18-8-4-10-27-18/h2-11H,12-13H2,1H3. The largest absolute Gasteiger partial charge is 0.328 e. The molecule has 136 valence electrons.